The number of hydrogen-bond donors (Lipinski definition) is 1. The number of carbonyl (C=O) groups excluding carboxylic acids is 2. The third-order valence-electron chi connectivity index (χ3n) is 7.12. The Morgan fingerprint density at radius 2 is 1.10 bits per heavy atom. The molecular weight excluding hydrogens is 540 g/mol. The summed E-state index contributed by atoms with van der Waals surface area (Å²) in [5.74, 6) is -0.919. The van der Waals surface area contributed by atoms with Gasteiger partial charge in [0, 0.05) is 19.4 Å². The minimum absolute atomic E-state index is 0.00634. The predicted molar refractivity (Wildman–Crippen MR) is 169 cm³/mol. The highest BCUT2D eigenvalue weighted by molar-refractivity contribution is 7.85. The Morgan fingerprint density at radius 1 is 0.683 bits per heavy atom. The summed E-state index contributed by atoms with van der Waals surface area (Å²) >= 11 is 0. The lowest BCUT2D eigenvalue weighted by atomic mass is 10.1. The van der Waals surface area contributed by atoms with Crippen molar-refractivity contribution in [2.75, 3.05) is 46.6 Å². The van der Waals surface area contributed by atoms with Gasteiger partial charge in [0.2, 0.25) is 5.91 Å². The number of nitrogens with one attached hydrogen (secondary N) is 1. The monoisotopic (exact) mass is 606 g/mol. The van der Waals surface area contributed by atoms with Crippen LogP contribution >= 0.6 is 0 Å². The summed E-state index contributed by atoms with van der Waals surface area (Å²) in [6, 6.07) is 0. The number of aliphatic carboxylic acids is 1. The molecule has 0 saturated heterocycles. The number of rotatable bonds is 28. The lowest BCUT2D eigenvalue weighted by molar-refractivity contribution is -0.884. The van der Waals surface area contributed by atoms with Gasteiger partial charge in [-0.15, -0.1) is 0 Å². The average Bonchev–Trinajstić information content (AvgIpc) is 2.88. The number of carboxylic acids is 1. The van der Waals surface area contributed by atoms with Crippen LogP contribution in [0.25, 0.3) is 0 Å². The van der Waals surface area contributed by atoms with Crippen molar-refractivity contribution in [3.05, 3.63) is 0 Å². The lowest BCUT2D eigenvalue weighted by Crippen LogP contribution is -2.49. The molecule has 0 aromatic carbocycles. The van der Waals surface area contributed by atoms with E-state index in [9.17, 15) is 23.1 Å². The van der Waals surface area contributed by atoms with Crippen LogP contribution in [0.3, 0.4) is 0 Å². The second-order valence-electron chi connectivity index (χ2n) is 12.2. The second kappa shape index (κ2) is 28.9. The molecular formula is C32H66N2O6S. The Morgan fingerprint density at radius 3 is 1.51 bits per heavy atom. The first-order valence-corrected chi connectivity index (χ1v) is 18.4. The first kappa shape index (κ1) is 41.9. The van der Waals surface area contributed by atoms with Crippen molar-refractivity contribution in [2.24, 2.45) is 0 Å². The van der Waals surface area contributed by atoms with Gasteiger partial charge in [0.15, 0.2) is 0 Å². The molecule has 1 amide bonds. The average molecular weight is 607 g/mol. The Balaban J connectivity index is 0. The van der Waals surface area contributed by atoms with Crippen LogP contribution in [-0.2, 0) is 23.9 Å². The summed E-state index contributed by atoms with van der Waals surface area (Å²) in [5, 5.41) is 13.5. The van der Waals surface area contributed by atoms with Gasteiger partial charge >= 0.3 is 0 Å². The van der Waals surface area contributed by atoms with E-state index >= 15 is 0 Å². The molecule has 0 heterocycles. The van der Waals surface area contributed by atoms with E-state index in [1.807, 2.05) is 14.1 Å². The molecule has 0 aromatic heterocycles. The standard InChI is InChI=1S/C19H38N2O3.C13H28O3S/c1-4-5-6-7-8-9-10-11-12-14-18(22)20-15-13-16-21(2,3)17-19(23)24;1-3-4-5-6-7-8-9-10-11-12-13-16-17(2,14)15/h4-17H2,1-3H3,(H-,20,22,23,24);3-13H2,1-2H3. The first-order valence-electron chi connectivity index (χ1n) is 16.6. The minimum Gasteiger partial charge on any atom is -0.544 e. The van der Waals surface area contributed by atoms with Crippen LogP contribution in [0.4, 0.5) is 0 Å². The van der Waals surface area contributed by atoms with Gasteiger partial charge in [-0.1, -0.05) is 123 Å². The van der Waals surface area contributed by atoms with Crippen LogP contribution in [0.1, 0.15) is 149 Å². The Hall–Kier alpha value is -1.19. The fourth-order valence-electron chi connectivity index (χ4n) is 4.65. The van der Waals surface area contributed by atoms with E-state index < -0.39 is 16.1 Å². The number of likely N-dealkylation sites (N-methyl/N-ethyl adjacent to an activating group) is 1. The maximum Gasteiger partial charge on any atom is 0.264 e. The van der Waals surface area contributed by atoms with Gasteiger partial charge in [0.25, 0.3) is 10.1 Å². The molecule has 0 radical (unpaired) electrons. The Bertz CT molecular complexity index is 713. The number of hydrogen-bond acceptors (Lipinski definition) is 6. The van der Waals surface area contributed by atoms with Crippen molar-refractivity contribution < 1.29 is 31.8 Å². The molecule has 0 atom stereocenters. The third kappa shape index (κ3) is 38.8. The van der Waals surface area contributed by atoms with E-state index in [-0.39, 0.29) is 12.5 Å². The van der Waals surface area contributed by atoms with Gasteiger partial charge < -0.3 is 19.7 Å². The molecule has 0 bridgehead atoms. The quantitative estimate of drug-likeness (QED) is 0.0652. The number of amides is 1. The summed E-state index contributed by atoms with van der Waals surface area (Å²) in [6.45, 7) is 6.15. The molecule has 0 saturated carbocycles. The topological polar surface area (TPSA) is 113 Å². The molecule has 0 fully saturated rings. The Labute approximate surface area is 254 Å². The van der Waals surface area contributed by atoms with Crippen LogP contribution in [0, 0.1) is 0 Å². The smallest absolute Gasteiger partial charge is 0.264 e. The fraction of sp³-hybridized carbons (Fsp3) is 0.938. The third-order valence-corrected chi connectivity index (χ3v) is 7.72. The van der Waals surface area contributed by atoms with E-state index in [0.717, 1.165) is 38.4 Å². The molecule has 0 spiro atoms. The van der Waals surface area contributed by atoms with E-state index in [4.69, 9.17) is 0 Å². The summed E-state index contributed by atoms with van der Waals surface area (Å²) in [6.07, 6.45) is 26.2. The molecule has 9 heteroatoms. The summed E-state index contributed by atoms with van der Waals surface area (Å²) in [5.41, 5.74) is 0. The lowest BCUT2D eigenvalue weighted by Gasteiger charge is -2.30. The van der Waals surface area contributed by atoms with Crippen molar-refractivity contribution in [3.8, 4) is 0 Å². The number of unbranched alkanes of at least 4 members (excludes halogenated alkanes) is 17. The molecule has 8 nitrogen and oxygen atoms in total. The van der Waals surface area contributed by atoms with Gasteiger partial charge in [-0.05, 0) is 12.8 Å². The van der Waals surface area contributed by atoms with Crippen molar-refractivity contribution >= 4 is 22.0 Å². The molecule has 1 N–H and O–H groups in total. The number of carbonyl (C=O) groups is 2. The predicted octanol–water partition coefficient (Wildman–Crippen LogP) is 6.12. The summed E-state index contributed by atoms with van der Waals surface area (Å²) < 4.78 is 26.4. The highest BCUT2D eigenvalue weighted by Crippen LogP contribution is 2.11. The molecule has 0 aromatic rings. The van der Waals surface area contributed by atoms with Gasteiger partial charge in [0.05, 0.1) is 39.5 Å². The van der Waals surface area contributed by atoms with Gasteiger partial charge in [-0.25, -0.2) is 0 Å². The zero-order valence-corrected chi connectivity index (χ0v) is 28.3. The molecule has 0 rings (SSSR count). The minimum atomic E-state index is -3.23. The van der Waals surface area contributed by atoms with Crippen LogP contribution in [0.5, 0.6) is 0 Å². The first-order chi connectivity index (χ1) is 19.4. The normalized spacial score (nSPS) is 11.6. The van der Waals surface area contributed by atoms with Crippen LogP contribution < -0.4 is 10.4 Å². The fourth-order valence-corrected chi connectivity index (χ4v) is 5.07. The molecule has 0 aliphatic rings. The second-order valence-corrected chi connectivity index (χ2v) is 13.8. The van der Waals surface area contributed by atoms with E-state index in [0.29, 0.717) is 30.6 Å². The van der Waals surface area contributed by atoms with Crippen molar-refractivity contribution in [2.45, 2.75) is 149 Å². The summed E-state index contributed by atoms with van der Waals surface area (Å²) in [7, 11) is 0.488. The number of quaternary nitrogens is 1. The molecule has 41 heavy (non-hydrogen) atoms. The number of nitrogens with zero attached hydrogens (tertiary/aromatic N) is 1. The largest absolute Gasteiger partial charge is 0.544 e. The van der Waals surface area contributed by atoms with Crippen LogP contribution in [0.15, 0.2) is 0 Å². The number of carboxylic acid groups (broad SMARTS) is 1. The summed E-state index contributed by atoms with van der Waals surface area (Å²) in [4.78, 5) is 22.4. The molecule has 246 valence electrons. The molecule has 0 aliphatic carbocycles. The Kier molecular flexibility index (Phi) is 29.6. The van der Waals surface area contributed by atoms with Crippen molar-refractivity contribution in [3.63, 3.8) is 0 Å². The van der Waals surface area contributed by atoms with E-state index in [1.165, 1.54) is 96.3 Å². The van der Waals surface area contributed by atoms with Crippen molar-refractivity contribution in [1.29, 1.82) is 0 Å². The van der Waals surface area contributed by atoms with Crippen LogP contribution in [0.2, 0.25) is 0 Å². The highest BCUT2D eigenvalue weighted by Gasteiger charge is 2.14. The maximum atomic E-state index is 11.7. The van der Waals surface area contributed by atoms with Gasteiger partial charge in [0.1, 0.15) is 6.54 Å². The highest BCUT2D eigenvalue weighted by atomic mass is 32.2. The molecule has 0 unspecified atom stereocenters. The molecule has 0 aliphatic heterocycles. The van der Waals surface area contributed by atoms with E-state index in [2.05, 4.69) is 23.3 Å². The zero-order valence-electron chi connectivity index (χ0n) is 27.5. The van der Waals surface area contributed by atoms with E-state index in [1.54, 1.807) is 0 Å². The SMILES string of the molecule is CCCCCCCCCCCC(=O)NCCC[N+](C)(C)CC(=O)[O-].CCCCCCCCCCCCOS(C)(=O)=O. The van der Waals surface area contributed by atoms with Gasteiger partial charge in [-0.2, -0.15) is 8.42 Å². The maximum absolute atomic E-state index is 11.7. The van der Waals surface area contributed by atoms with Crippen molar-refractivity contribution in [1.82, 2.24) is 5.32 Å². The zero-order chi connectivity index (χ0) is 31.2. The van der Waals surface area contributed by atoms with Gasteiger partial charge in [-0.3, -0.25) is 8.98 Å². The van der Waals surface area contributed by atoms with Crippen LogP contribution in [-0.4, -0.2) is 71.4 Å².